The summed E-state index contributed by atoms with van der Waals surface area (Å²) in [6, 6.07) is 7.39. The highest BCUT2D eigenvalue weighted by Crippen LogP contribution is 2.25. The molecule has 0 fully saturated rings. The van der Waals surface area contributed by atoms with E-state index in [1.165, 1.54) is 38.4 Å². The summed E-state index contributed by atoms with van der Waals surface area (Å²) in [4.78, 5) is 56.2. The number of carbonyl (C=O) groups excluding carboxylic acids is 3. The average molecular weight is 1120 g/mol. The Hall–Kier alpha value is -4.95. The average Bonchev–Trinajstić information content (AvgIpc) is 3.28. The number of hydrogen-bond donors (Lipinski definition) is 4. The van der Waals surface area contributed by atoms with Gasteiger partial charge in [-0.15, -0.1) is 0 Å². The zero-order chi connectivity index (χ0) is 55.6. The van der Waals surface area contributed by atoms with Gasteiger partial charge in [0.2, 0.25) is 20.0 Å². The molecule has 73 heavy (non-hydrogen) atoms. The van der Waals surface area contributed by atoms with Gasteiger partial charge in [0, 0.05) is 39.3 Å². The molecule has 2 atom stereocenters. The molecule has 5 N–H and O–H groups in total. The van der Waals surface area contributed by atoms with E-state index in [0.717, 1.165) is 65.0 Å². The molecule has 0 aromatic heterocycles. The zero-order valence-corrected chi connectivity index (χ0v) is 45.6. The van der Waals surface area contributed by atoms with Crippen LogP contribution in [-0.4, -0.2) is 128 Å². The quantitative estimate of drug-likeness (QED) is 0.0242. The Labute approximate surface area is 429 Å². The minimum Gasteiger partial charge on any atom is -0.465 e. The van der Waals surface area contributed by atoms with Crippen LogP contribution in [0.25, 0.3) is 0 Å². The van der Waals surface area contributed by atoms with Gasteiger partial charge in [0.15, 0.2) is 9.79 Å². The van der Waals surface area contributed by atoms with Crippen molar-refractivity contribution in [3.05, 3.63) is 68.8 Å². The molecule has 0 spiro atoms. The number of nitro benzene ring substituents is 2. The van der Waals surface area contributed by atoms with E-state index in [1.807, 2.05) is 4.72 Å². The van der Waals surface area contributed by atoms with E-state index in [-0.39, 0.29) is 32.6 Å². The second-order valence-electron chi connectivity index (χ2n) is 17.4. The lowest BCUT2D eigenvalue weighted by molar-refractivity contribution is -0.388. The van der Waals surface area contributed by atoms with Crippen LogP contribution in [0.15, 0.2) is 58.3 Å². The highest BCUT2D eigenvalue weighted by atomic mass is 32.2. The maximum absolute atomic E-state index is 12.8. The second-order valence-corrected chi connectivity index (χ2v) is 24.2. The molecule has 0 saturated heterocycles. The van der Waals surface area contributed by atoms with Crippen LogP contribution in [0.4, 0.5) is 16.2 Å². The second kappa shape index (κ2) is 31.7. The van der Waals surface area contributed by atoms with E-state index in [4.69, 9.17) is 19.3 Å². The van der Waals surface area contributed by atoms with Gasteiger partial charge in [-0.2, -0.15) is 34.9 Å². The number of nitro groups is 2. The normalized spacial score (nSPS) is 13.1. The Morgan fingerprint density at radius 1 is 0.603 bits per heavy atom. The minimum atomic E-state index is -4.37. The third-order valence-electron chi connectivity index (χ3n) is 10.3. The summed E-state index contributed by atoms with van der Waals surface area (Å²) in [5.41, 5.74) is -2.01. The summed E-state index contributed by atoms with van der Waals surface area (Å²) in [6.07, 6.45) is 7.52. The molecule has 0 radical (unpaired) electrons. The number of para-hydroxylation sites is 2. The van der Waals surface area contributed by atoms with Crippen LogP contribution >= 0.6 is 0 Å². The molecule has 2 aromatic carbocycles. The number of esters is 2. The van der Waals surface area contributed by atoms with Crippen molar-refractivity contribution in [2.24, 2.45) is 5.14 Å². The summed E-state index contributed by atoms with van der Waals surface area (Å²) in [7, 11) is -13.6. The first-order chi connectivity index (χ1) is 33.9. The fraction of sp³-hybridized carbons (Fsp3) is 0.651. The molecule has 0 aliphatic heterocycles. The van der Waals surface area contributed by atoms with Gasteiger partial charge in [-0.1, -0.05) is 88.5 Å². The van der Waals surface area contributed by atoms with Crippen LogP contribution in [0.5, 0.6) is 0 Å². The van der Waals surface area contributed by atoms with Crippen LogP contribution in [0.1, 0.15) is 125 Å². The zero-order valence-electron chi connectivity index (χ0n) is 42.3. The first-order valence-electron chi connectivity index (χ1n) is 23.5. The van der Waals surface area contributed by atoms with Gasteiger partial charge in [0.1, 0.15) is 17.7 Å². The first-order valence-corrected chi connectivity index (χ1v) is 29.4. The molecule has 0 bridgehead atoms. The predicted molar refractivity (Wildman–Crippen MR) is 269 cm³/mol. The fourth-order valence-electron chi connectivity index (χ4n) is 6.62. The van der Waals surface area contributed by atoms with Crippen LogP contribution in [0, 0.1) is 20.2 Å². The smallest absolute Gasteiger partial charge is 0.422 e. The number of carbonyl (C=O) groups is 3. The van der Waals surface area contributed by atoms with E-state index in [9.17, 15) is 68.3 Å². The molecule has 0 unspecified atom stereocenters. The van der Waals surface area contributed by atoms with Gasteiger partial charge < -0.3 is 14.2 Å². The molecule has 0 heterocycles. The molecule has 1 amide bonds. The molecule has 416 valence electrons. The number of nitrogens with two attached hydrogens (primary N) is 1. The Bertz CT molecular complexity index is 2560. The molecule has 26 nitrogen and oxygen atoms in total. The highest BCUT2D eigenvalue weighted by Gasteiger charge is 2.33. The maximum atomic E-state index is 12.8. The predicted octanol–water partition coefficient (Wildman–Crippen LogP) is 4.91. The lowest BCUT2D eigenvalue weighted by Gasteiger charge is -2.22. The fourth-order valence-corrected chi connectivity index (χ4v) is 10.6. The molecule has 0 aliphatic rings. The van der Waals surface area contributed by atoms with Gasteiger partial charge in [-0.3, -0.25) is 29.8 Å². The number of nitrogens with zero attached hydrogens (tertiary/aromatic N) is 4. The number of unbranched alkanes of at least 4 members (excludes halogenated alkanes) is 10. The van der Waals surface area contributed by atoms with Crippen molar-refractivity contribution in [3.8, 4) is 0 Å². The summed E-state index contributed by atoms with van der Waals surface area (Å²) in [6.45, 7) is 8.68. The topological polar surface area (TPSA) is 370 Å². The Morgan fingerprint density at radius 3 is 1.29 bits per heavy atom. The van der Waals surface area contributed by atoms with Gasteiger partial charge in [-0.05, 0) is 72.4 Å². The van der Waals surface area contributed by atoms with E-state index in [0.29, 0.717) is 51.5 Å². The van der Waals surface area contributed by atoms with Crippen molar-refractivity contribution in [3.63, 3.8) is 0 Å². The Balaban J connectivity index is 0.000000744. The van der Waals surface area contributed by atoms with Crippen molar-refractivity contribution in [1.29, 1.82) is 0 Å². The molecule has 2 rings (SSSR count). The summed E-state index contributed by atoms with van der Waals surface area (Å²) in [5.74, 6) is -1.51. The van der Waals surface area contributed by atoms with E-state index >= 15 is 0 Å². The number of rotatable bonds is 33. The van der Waals surface area contributed by atoms with Crippen LogP contribution < -0.4 is 19.3 Å². The Kier molecular flexibility index (Phi) is 28.7. The summed E-state index contributed by atoms with van der Waals surface area (Å²) < 4.78 is 121. The van der Waals surface area contributed by atoms with Crippen LogP contribution in [0.2, 0.25) is 0 Å². The Morgan fingerprint density at radius 2 is 0.945 bits per heavy atom. The molecule has 30 heteroatoms. The monoisotopic (exact) mass is 1120 g/mol. The lowest BCUT2D eigenvalue weighted by Crippen LogP contribution is -2.44. The minimum absolute atomic E-state index is 0.0417. The first kappa shape index (κ1) is 66.1. The van der Waals surface area contributed by atoms with Crippen molar-refractivity contribution in [1.82, 2.24) is 22.8 Å². The standard InChI is InChI=1S/C24H40N4O10S2.C19H32N4O8S2/c1-6-37-22(29)19(25-39(33,34)21-17-13-12-16-20(21)28(31)32)15-11-9-7-8-10-14-18-27(5)40(35,36)26-23(30)38-24(2,3)4;1-3-31-19(24)16(12-8-6-4-5-7-11-15-22(2)33(20,29)30)21-32(27,28)18-14-10-9-13-17(18)23(25)26/h12-13,16-17,19,25H,6-11,14-15,18H2,1-5H3,(H,26,30);9-10,13-14,16,21H,3-8,11-12,15H2,1-2H3,(H2,20,29,30)/t19-;16-/m00/s1. The third kappa shape index (κ3) is 25.7. The van der Waals surface area contributed by atoms with Crippen molar-refractivity contribution < 1.29 is 72.1 Å². The SMILES string of the molecule is CCOC(=O)[C@H](CCCCCCCCN(C)S(=O)(=O)NC(=O)OC(C)(C)C)NS(=O)(=O)c1ccccc1[N+](=O)[O-].CCOC(=O)[C@H](CCCCCCCCN(C)S(N)(=O)=O)NS(=O)(=O)c1ccccc1[N+](=O)[O-]. The third-order valence-corrected chi connectivity index (χ3v) is 15.8. The van der Waals surface area contributed by atoms with E-state index < -0.39 is 107 Å². The largest absolute Gasteiger partial charge is 0.465 e. The summed E-state index contributed by atoms with van der Waals surface area (Å²) in [5, 5.41) is 27.4. The number of sulfonamides is 2. The molecular weight excluding hydrogens is 1040 g/mol. The van der Waals surface area contributed by atoms with Gasteiger partial charge in [0.05, 0.1) is 23.1 Å². The highest BCUT2D eigenvalue weighted by molar-refractivity contribution is 7.90. The van der Waals surface area contributed by atoms with Gasteiger partial charge >= 0.3 is 28.2 Å². The number of ether oxygens (including phenoxy) is 3. The number of amides is 1. The van der Waals surface area contributed by atoms with E-state index in [2.05, 4.69) is 9.44 Å². The number of nitrogens with one attached hydrogen (secondary N) is 3. The molecule has 2 aromatic rings. The van der Waals surface area contributed by atoms with Crippen LogP contribution in [0.3, 0.4) is 0 Å². The van der Waals surface area contributed by atoms with Gasteiger partial charge in [-0.25, -0.2) is 31.5 Å². The van der Waals surface area contributed by atoms with E-state index in [1.54, 1.807) is 34.6 Å². The van der Waals surface area contributed by atoms with Crippen molar-refractivity contribution >= 4 is 69.9 Å². The van der Waals surface area contributed by atoms with Crippen molar-refractivity contribution in [2.45, 2.75) is 152 Å². The molecular formula is C43H72N8O18S4. The maximum Gasteiger partial charge on any atom is 0.422 e. The number of benzene rings is 2. The van der Waals surface area contributed by atoms with Crippen molar-refractivity contribution in [2.75, 3.05) is 40.4 Å². The summed E-state index contributed by atoms with van der Waals surface area (Å²) >= 11 is 0. The lowest BCUT2D eigenvalue weighted by atomic mass is 10.1. The van der Waals surface area contributed by atoms with Gasteiger partial charge in [0.25, 0.3) is 21.6 Å². The van der Waals surface area contributed by atoms with Crippen LogP contribution in [-0.2, 0) is 64.3 Å². The number of hydrogen-bond acceptors (Lipinski definition) is 18. The molecule has 0 aliphatic carbocycles. The molecule has 0 saturated carbocycles.